The number of thiazole rings is 1. The summed E-state index contributed by atoms with van der Waals surface area (Å²) in [5, 5.41) is 3.64. The molecule has 1 aromatic carbocycles. The first-order valence-electron chi connectivity index (χ1n) is 15.4. The lowest BCUT2D eigenvalue weighted by Crippen LogP contribution is -2.54. The summed E-state index contributed by atoms with van der Waals surface area (Å²) in [6.45, 7) is 7.99. The van der Waals surface area contributed by atoms with Gasteiger partial charge < -0.3 is 9.80 Å². The molecule has 0 spiro atoms. The molecule has 13 heteroatoms. The molecule has 43 heavy (non-hydrogen) atoms. The molecule has 0 atom stereocenters. The van der Waals surface area contributed by atoms with Crippen LogP contribution in [0.2, 0.25) is 0 Å². The number of rotatable bonds is 8. The fourth-order valence-corrected chi connectivity index (χ4v) is 8.37. The molecule has 10 nitrogen and oxygen atoms in total. The van der Waals surface area contributed by atoms with Crippen LogP contribution in [0.15, 0.2) is 30.5 Å². The van der Waals surface area contributed by atoms with Crippen molar-refractivity contribution in [3.8, 4) is 0 Å². The third-order valence-electron chi connectivity index (χ3n) is 9.09. The van der Waals surface area contributed by atoms with E-state index >= 15 is 0 Å². The summed E-state index contributed by atoms with van der Waals surface area (Å²) in [7, 11) is -3.17. The third-order valence-corrected chi connectivity index (χ3v) is 11.9. The van der Waals surface area contributed by atoms with E-state index in [1.54, 1.807) is 22.3 Å². The van der Waals surface area contributed by atoms with Crippen molar-refractivity contribution >= 4 is 38.4 Å². The maximum atomic E-state index is 13.8. The molecular weight excluding hydrogens is 592 g/mol. The topological polar surface area (TPSA) is 106 Å². The van der Waals surface area contributed by atoms with Crippen molar-refractivity contribution in [1.82, 2.24) is 24.0 Å². The van der Waals surface area contributed by atoms with Gasteiger partial charge in [0, 0.05) is 74.5 Å². The maximum Gasteiger partial charge on any atom is 0.324 e. The van der Waals surface area contributed by atoms with Gasteiger partial charge in [0.15, 0.2) is 5.13 Å². The normalized spacial score (nSPS) is 22.8. The van der Waals surface area contributed by atoms with E-state index in [1.807, 2.05) is 4.90 Å². The molecule has 1 aliphatic carbocycles. The average molecular weight is 635 g/mol. The Bertz CT molecular complexity index is 1350. The van der Waals surface area contributed by atoms with Crippen molar-refractivity contribution in [3.05, 3.63) is 46.7 Å². The fourth-order valence-electron chi connectivity index (χ4n) is 6.44. The smallest absolute Gasteiger partial charge is 0.324 e. The molecule has 1 aromatic heterocycles. The standard InChI is InChI=1S/C30H43FN6O4S2/c1-3-43(40,41)36-18-16-34(17-19-36)21-27-20-32-29(42-27)33-30(39)37(25-10-4-22(2)5-11-25)26-12-14-35(15-13-26)28(38)23-6-8-24(31)9-7-23/h6-9,20,22,25-26H,3-5,10-19,21H2,1-2H3,(H,32,33,39). The van der Waals surface area contributed by atoms with E-state index in [0.717, 1.165) is 30.6 Å². The lowest BCUT2D eigenvalue weighted by Gasteiger charge is -2.44. The number of carbonyl (C=O) groups is 2. The van der Waals surface area contributed by atoms with E-state index in [4.69, 9.17) is 0 Å². The molecule has 3 amide bonds. The van der Waals surface area contributed by atoms with Gasteiger partial charge in [0.2, 0.25) is 10.0 Å². The molecule has 3 aliphatic rings. The number of urea groups is 1. The van der Waals surface area contributed by atoms with Crippen LogP contribution in [0.25, 0.3) is 0 Å². The highest BCUT2D eigenvalue weighted by Crippen LogP contribution is 2.32. The molecule has 0 bridgehead atoms. The average Bonchev–Trinajstić information content (AvgIpc) is 3.45. The van der Waals surface area contributed by atoms with Crippen LogP contribution in [0, 0.1) is 11.7 Å². The van der Waals surface area contributed by atoms with E-state index < -0.39 is 10.0 Å². The molecule has 236 valence electrons. The lowest BCUT2D eigenvalue weighted by molar-refractivity contribution is 0.0580. The maximum absolute atomic E-state index is 13.8. The second-order valence-corrected chi connectivity index (χ2v) is 15.4. The Labute approximate surface area is 258 Å². The van der Waals surface area contributed by atoms with Crippen molar-refractivity contribution < 1.29 is 22.4 Å². The van der Waals surface area contributed by atoms with Crippen molar-refractivity contribution in [3.63, 3.8) is 0 Å². The molecule has 1 saturated carbocycles. The van der Waals surface area contributed by atoms with Gasteiger partial charge in [0.1, 0.15) is 5.82 Å². The van der Waals surface area contributed by atoms with Crippen LogP contribution in [0.3, 0.4) is 0 Å². The van der Waals surface area contributed by atoms with Gasteiger partial charge >= 0.3 is 6.03 Å². The van der Waals surface area contributed by atoms with Gasteiger partial charge in [-0.1, -0.05) is 6.92 Å². The minimum atomic E-state index is -3.17. The number of benzene rings is 1. The SMILES string of the molecule is CCS(=O)(=O)N1CCN(Cc2cnc(NC(=O)N(C3CCC(C)CC3)C3CCN(C(=O)c4ccc(F)cc4)CC3)s2)CC1. The predicted octanol–water partition coefficient (Wildman–Crippen LogP) is 4.47. The van der Waals surface area contributed by atoms with Crippen molar-refractivity contribution in [2.24, 2.45) is 5.92 Å². The number of hydrogen-bond acceptors (Lipinski definition) is 7. The Morgan fingerprint density at radius 1 is 0.977 bits per heavy atom. The van der Waals surface area contributed by atoms with Crippen LogP contribution >= 0.6 is 11.3 Å². The number of piperazine rings is 1. The van der Waals surface area contributed by atoms with Gasteiger partial charge in [0.25, 0.3) is 5.91 Å². The Morgan fingerprint density at radius 3 is 2.23 bits per heavy atom. The number of anilines is 1. The number of carbonyl (C=O) groups excluding carboxylic acids is 2. The molecular formula is C30H43FN6O4S2. The first-order valence-corrected chi connectivity index (χ1v) is 17.8. The largest absolute Gasteiger partial charge is 0.338 e. The minimum Gasteiger partial charge on any atom is -0.338 e. The summed E-state index contributed by atoms with van der Waals surface area (Å²) in [5.74, 6) is 0.301. The highest BCUT2D eigenvalue weighted by molar-refractivity contribution is 7.89. The van der Waals surface area contributed by atoms with Crippen LogP contribution in [-0.4, -0.2) is 101 Å². The minimum absolute atomic E-state index is 0.0193. The molecule has 3 fully saturated rings. The van der Waals surface area contributed by atoms with E-state index in [1.165, 1.54) is 35.6 Å². The highest BCUT2D eigenvalue weighted by atomic mass is 32.2. The van der Waals surface area contributed by atoms with Crippen LogP contribution in [0.1, 0.15) is 67.6 Å². The Balaban J connectivity index is 1.19. The molecule has 1 N–H and O–H groups in total. The summed E-state index contributed by atoms with van der Waals surface area (Å²) in [4.78, 5) is 38.4. The second-order valence-electron chi connectivity index (χ2n) is 12.0. The molecule has 2 aromatic rings. The van der Waals surface area contributed by atoms with Gasteiger partial charge in [0.05, 0.1) is 5.75 Å². The predicted molar refractivity (Wildman–Crippen MR) is 166 cm³/mol. The molecule has 2 aliphatic heterocycles. The summed E-state index contributed by atoms with van der Waals surface area (Å²) in [6, 6.07) is 5.68. The third kappa shape index (κ3) is 7.92. The van der Waals surface area contributed by atoms with Gasteiger partial charge in [-0.3, -0.25) is 15.0 Å². The van der Waals surface area contributed by atoms with Gasteiger partial charge in [-0.15, -0.1) is 11.3 Å². The summed E-state index contributed by atoms with van der Waals surface area (Å²) in [6.07, 6.45) is 7.28. The molecule has 5 rings (SSSR count). The van der Waals surface area contributed by atoms with Gasteiger partial charge in [-0.25, -0.2) is 22.6 Å². The zero-order valence-corrected chi connectivity index (χ0v) is 26.7. The molecule has 0 unspecified atom stereocenters. The Kier molecular flexibility index (Phi) is 10.4. The number of nitrogens with one attached hydrogen (secondary N) is 1. The van der Waals surface area contributed by atoms with Crippen molar-refractivity contribution in [2.45, 2.75) is 71.0 Å². The summed E-state index contributed by atoms with van der Waals surface area (Å²) >= 11 is 1.46. The number of aromatic nitrogens is 1. The Morgan fingerprint density at radius 2 is 1.60 bits per heavy atom. The van der Waals surface area contributed by atoms with Crippen LogP contribution < -0.4 is 5.32 Å². The first-order chi connectivity index (χ1) is 20.6. The first kappa shape index (κ1) is 31.8. The van der Waals surface area contributed by atoms with E-state index in [2.05, 4.69) is 22.1 Å². The second kappa shape index (κ2) is 14.0. The number of halogens is 1. The number of likely N-dealkylation sites (tertiary alicyclic amines) is 1. The van der Waals surface area contributed by atoms with Crippen LogP contribution in [0.5, 0.6) is 0 Å². The number of sulfonamides is 1. The quantitative estimate of drug-likeness (QED) is 0.460. The van der Waals surface area contributed by atoms with Gasteiger partial charge in [-0.2, -0.15) is 4.31 Å². The Hall–Kier alpha value is -2.61. The zero-order valence-electron chi connectivity index (χ0n) is 25.1. The number of amides is 3. The van der Waals surface area contributed by atoms with Crippen LogP contribution in [0.4, 0.5) is 14.3 Å². The summed E-state index contributed by atoms with van der Waals surface area (Å²) in [5.41, 5.74) is 0.475. The van der Waals surface area contributed by atoms with Crippen LogP contribution in [-0.2, 0) is 16.6 Å². The van der Waals surface area contributed by atoms with Gasteiger partial charge in [-0.05, 0) is 75.6 Å². The van der Waals surface area contributed by atoms with Crippen molar-refractivity contribution in [1.29, 1.82) is 0 Å². The molecule has 3 heterocycles. The fraction of sp³-hybridized carbons (Fsp3) is 0.633. The van der Waals surface area contributed by atoms with E-state index in [-0.39, 0.29) is 35.6 Å². The van der Waals surface area contributed by atoms with Crippen molar-refractivity contribution in [2.75, 3.05) is 50.3 Å². The molecule has 2 saturated heterocycles. The number of piperidine rings is 1. The highest BCUT2D eigenvalue weighted by Gasteiger charge is 2.36. The summed E-state index contributed by atoms with van der Waals surface area (Å²) < 4.78 is 39.2. The molecule has 0 radical (unpaired) electrons. The van der Waals surface area contributed by atoms with E-state index in [0.29, 0.717) is 75.3 Å². The monoisotopic (exact) mass is 634 g/mol. The zero-order chi connectivity index (χ0) is 30.6. The number of hydrogen-bond donors (Lipinski definition) is 1. The van der Waals surface area contributed by atoms with E-state index in [9.17, 15) is 22.4 Å². The lowest BCUT2D eigenvalue weighted by atomic mass is 9.85. The number of nitrogens with zero attached hydrogens (tertiary/aromatic N) is 5.